The van der Waals surface area contributed by atoms with Gasteiger partial charge in [-0.05, 0) is 104 Å². The van der Waals surface area contributed by atoms with Gasteiger partial charge in [0.25, 0.3) is 5.91 Å². The van der Waals surface area contributed by atoms with Gasteiger partial charge >= 0.3 is 0 Å². The number of hydrogen-bond donors (Lipinski definition) is 2. The molecule has 4 aromatic carbocycles. The molecule has 0 spiro atoms. The summed E-state index contributed by atoms with van der Waals surface area (Å²) in [4.78, 5) is 26.9. The lowest BCUT2D eigenvalue weighted by atomic mass is 9.99. The third-order valence-corrected chi connectivity index (χ3v) is 10.5. The fraction of sp³-hybridized carbons (Fsp3) is 0.308. The number of aromatic hydroxyl groups is 1. The summed E-state index contributed by atoms with van der Waals surface area (Å²) in [5, 5.41) is 11.9. The van der Waals surface area contributed by atoms with Crippen molar-refractivity contribution in [2.75, 3.05) is 51.2 Å². The van der Waals surface area contributed by atoms with E-state index in [9.17, 15) is 14.3 Å². The van der Waals surface area contributed by atoms with Crippen molar-refractivity contribution in [3.8, 4) is 16.9 Å². The number of aromatic amines is 1. The highest BCUT2D eigenvalue weighted by Gasteiger charge is 2.37. The van der Waals surface area contributed by atoms with Gasteiger partial charge in [-0.3, -0.25) is 9.69 Å². The highest BCUT2D eigenvalue weighted by Crippen LogP contribution is 2.41. The van der Waals surface area contributed by atoms with Gasteiger partial charge < -0.3 is 24.8 Å². The van der Waals surface area contributed by atoms with Crippen LogP contribution < -0.4 is 4.90 Å². The first kappa shape index (κ1) is 29.7. The summed E-state index contributed by atoms with van der Waals surface area (Å²) in [7, 11) is 2.22. The monoisotopic (exact) mass is 629 g/mol. The molecule has 2 saturated heterocycles. The molecule has 3 aliphatic rings. The summed E-state index contributed by atoms with van der Waals surface area (Å²) in [6.45, 7) is 7.02. The summed E-state index contributed by atoms with van der Waals surface area (Å²) in [6, 6.07) is 28.5. The molecule has 8 rings (SSSR count). The topological polar surface area (TPSA) is 66.0 Å². The smallest absolute Gasteiger partial charge is 0.255 e. The number of para-hydroxylation sites is 1. The molecule has 7 nitrogen and oxygen atoms in total. The highest BCUT2D eigenvalue weighted by molar-refractivity contribution is 6.00. The largest absolute Gasteiger partial charge is 0.508 e. The Balaban J connectivity index is 1.02. The van der Waals surface area contributed by atoms with E-state index in [1.165, 1.54) is 49.8 Å². The van der Waals surface area contributed by atoms with Crippen molar-refractivity contribution in [2.45, 2.75) is 31.5 Å². The van der Waals surface area contributed by atoms with Gasteiger partial charge in [0.05, 0.1) is 0 Å². The maximum Gasteiger partial charge on any atom is 0.255 e. The Morgan fingerprint density at radius 2 is 1.57 bits per heavy atom. The molecule has 0 aliphatic carbocycles. The van der Waals surface area contributed by atoms with Gasteiger partial charge in [0.1, 0.15) is 17.6 Å². The van der Waals surface area contributed by atoms with Crippen LogP contribution in [0.2, 0.25) is 0 Å². The van der Waals surface area contributed by atoms with Gasteiger partial charge in [-0.25, -0.2) is 4.39 Å². The number of rotatable bonds is 6. The predicted octanol–water partition coefficient (Wildman–Crippen LogP) is 6.64. The first-order chi connectivity index (χ1) is 22.9. The quantitative estimate of drug-likeness (QED) is 0.221. The van der Waals surface area contributed by atoms with Gasteiger partial charge in [0.15, 0.2) is 0 Å². The Labute approximate surface area is 274 Å². The van der Waals surface area contributed by atoms with Crippen LogP contribution in [0.4, 0.5) is 10.1 Å². The number of nitrogens with one attached hydrogen (secondary N) is 1. The van der Waals surface area contributed by atoms with Crippen molar-refractivity contribution in [2.24, 2.45) is 0 Å². The minimum absolute atomic E-state index is 0.0529. The third kappa shape index (κ3) is 5.66. The number of halogens is 1. The van der Waals surface area contributed by atoms with Gasteiger partial charge in [0.2, 0.25) is 0 Å². The molecule has 2 N–H and O–H groups in total. The number of anilines is 1. The molecule has 47 heavy (non-hydrogen) atoms. The molecule has 0 bridgehead atoms. The van der Waals surface area contributed by atoms with Crippen LogP contribution in [-0.2, 0) is 6.54 Å². The first-order valence-corrected chi connectivity index (χ1v) is 16.7. The SMILES string of the molecule is CN1CCC(N2CCN(c3ccc(-c4ccc5c(c4)C(=O)N(C(c4cc6ccccc6[nH]4)c4cc(F)ccc4O)C5)cc3)CC2)CC1. The van der Waals surface area contributed by atoms with Crippen molar-refractivity contribution in [3.63, 3.8) is 0 Å². The maximum absolute atomic E-state index is 14.5. The number of piperidine rings is 1. The molecule has 1 aromatic heterocycles. The van der Waals surface area contributed by atoms with E-state index in [2.05, 4.69) is 57.1 Å². The van der Waals surface area contributed by atoms with Crippen LogP contribution >= 0.6 is 0 Å². The number of carbonyl (C=O) groups excluding carboxylic acids is 1. The Hall–Kier alpha value is -4.66. The number of nitrogens with zero attached hydrogens (tertiary/aromatic N) is 4. The summed E-state index contributed by atoms with van der Waals surface area (Å²) in [6.07, 6.45) is 2.53. The lowest BCUT2D eigenvalue weighted by Gasteiger charge is -2.42. The van der Waals surface area contributed by atoms with E-state index < -0.39 is 11.9 Å². The normalized spacial score (nSPS) is 18.6. The zero-order valence-corrected chi connectivity index (χ0v) is 26.7. The Morgan fingerprint density at radius 1 is 0.830 bits per heavy atom. The molecular formula is C39H40FN5O2. The van der Waals surface area contributed by atoms with E-state index in [0.717, 1.165) is 59.5 Å². The van der Waals surface area contributed by atoms with Crippen LogP contribution in [0.25, 0.3) is 22.0 Å². The summed E-state index contributed by atoms with van der Waals surface area (Å²) < 4.78 is 14.5. The zero-order chi connectivity index (χ0) is 32.1. The van der Waals surface area contributed by atoms with Crippen LogP contribution in [-0.4, -0.2) is 83.1 Å². The van der Waals surface area contributed by atoms with Crippen LogP contribution in [0, 0.1) is 5.82 Å². The van der Waals surface area contributed by atoms with Gasteiger partial charge in [0, 0.05) is 66.8 Å². The summed E-state index contributed by atoms with van der Waals surface area (Å²) in [5.74, 6) is -0.663. The number of hydrogen-bond acceptors (Lipinski definition) is 5. The Bertz CT molecular complexity index is 1890. The van der Waals surface area contributed by atoms with Gasteiger partial charge in [-0.15, -0.1) is 0 Å². The van der Waals surface area contributed by atoms with E-state index >= 15 is 0 Å². The lowest BCUT2D eigenvalue weighted by Crippen LogP contribution is -2.52. The minimum Gasteiger partial charge on any atom is -0.508 e. The van der Waals surface area contributed by atoms with Crippen LogP contribution in [0.5, 0.6) is 5.75 Å². The van der Waals surface area contributed by atoms with Crippen LogP contribution in [0.1, 0.15) is 46.1 Å². The number of phenolic OH excluding ortho intramolecular Hbond substituents is 1. The van der Waals surface area contributed by atoms with E-state index in [-0.39, 0.29) is 11.7 Å². The summed E-state index contributed by atoms with van der Waals surface area (Å²) in [5.41, 5.74) is 6.80. The molecule has 8 heteroatoms. The van der Waals surface area contributed by atoms with Crippen molar-refractivity contribution in [1.82, 2.24) is 19.7 Å². The van der Waals surface area contributed by atoms with Crippen molar-refractivity contribution >= 4 is 22.5 Å². The number of aromatic nitrogens is 1. The number of fused-ring (bicyclic) bond motifs is 2. The zero-order valence-electron chi connectivity index (χ0n) is 26.7. The fourth-order valence-corrected chi connectivity index (χ4v) is 7.77. The van der Waals surface area contributed by atoms with Gasteiger partial charge in [-0.2, -0.15) is 0 Å². The average Bonchev–Trinajstić information content (AvgIpc) is 3.67. The third-order valence-electron chi connectivity index (χ3n) is 10.5. The fourth-order valence-electron chi connectivity index (χ4n) is 7.77. The molecule has 3 aliphatic heterocycles. The van der Waals surface area contributed by atoms with Crippen LogP contribution in [0.15, 0.2) is 91.0 Å². The molecule has 1 unspecified atom stereocenters. The Kier molecular flexibility index (Phi) is 7.70. The molecule has 1 atom stereocenters. The highest BCUT2D eigenvalue weighted by atomic mass is 19.1. The molecule has 0 saturated carbocycles. The van der Waals surface area contributed by atoms with E-state index in [4.69, 9.17) is 0 Å². The molecular weight excluding hydrogens is 589 g/mol. The van der Waals surface area contributed by atoms with Crippen molar-refractivity contribution in [3.05, 3.63) is 119 Å². The second kappa shape index (κ2) is 12.2. The number of benzene rings is 4. The van der Waals surface area contributed by atoms with E-state index in [1.54, 1.807) is 4.90 Å². The van der Waals surface area contributed by atoms with Gasteiger partial charge in [-0.1, -0.05) is 42.5 Å². The van der Waals surface area contributed by atoms with E-state index in [0.29, 0.717) is 23.7 Å². The molecule has 4 heterocycles. The maximum atomic E-state index is 14.5. The number of H-pyrrole nitrogens is 1. The lowest BCUT2D eigenvalue weighted by molar-refractivity contribution is 0.0726. The molecule has 240 valence electrons. The first-order valence-electron chi connectivity index (χ1n) is 16.7. The van der Waals surface area contributed by atoms with Crippen molar-refractivity contribution < 1.29 is 14.3 Å². The molecule has 2 fully saturated rings. The Morgan fingerprint density at radius 3 is 2.34 bits per heavy atom. The number of piperazine rings is 1. The second-order valence-corrected chi connectivity index (χ2v) is 13.3. The number of likely N-dealkylation sites (tertiary alicyclic amines) is 1. The average molecular weight is 630 g/mol. The summed E-state index contributed by atoms with van der Waals surface area (Å²) >= 11 is 0. The number of phenols is 1. The molecule has 1 amide bonds. The molecule has 0 radical (unpaired) electrons. The van der Waals surface area contributed by atoms with E-state index in [1.807, 2.05) is 42.5 Å². The predicted molar refractivity (Wildman–Crippen MR) is 184 cm³/mol. The second-order valence-electron chi connectivity index (χ2n) is 13.3. The van der Waals surface area contributed by atoms with Crippen molar-refractivity contribution in [1.29, 1.82) is 0 Å². The minimum atomic E-state index is -0.694. The van der Waals surface area contributed by atoms with Crippen LogP contribution in [0.3, 0.4) is 0 Å². The standard InChI is InChI=1S/C39H40FN5O2/c1-42-16-14-32(15-17-42)44-20-18-43(19-21-44)31-11-8-26(9-12-31)27-6-7-29-25-45(39(47)33(29)22-27)38(34-24-30(40)10-13-37(34)46)36-23-28-4-2-3-5-35(28)41-36/h2-13,22-24,32,38,41,46H,14-21,25H2,1H3. The number of amides is 1. The number of carbonyl (C=O) groups is 1. The molecule has 5 aromatic rings.